The third kappa shape index (κ3) is 1.65. The number of rotatable bonds is 2. The van der Waals surface area contributed by atoms with Gasteiger partial charge in [0, 0.05) is 6.07 Å². The highest BCUT2D eigenvalue weighted by molar-refractivity contribution is 7.21. The number of H-pyrrole nitrogens is 1. The number of fused-ring (bicyclic) bond motifs is 1. The molecule has 3 rings (SSSR count). The van der Waals surface area contributed by atoms with Crippen molar-refractivity contribution in [2.24, 2.45) is 0 Å². The third-order valence-electron chi connectivity index (χ3n) is 2.41. The van der Waals surface area contributed by atoms with Gasteiger partial charge in [0.25, 0.3) is 0 Å². The highest BCUT2D eigenvalue weighted by Gasteiger charge is 2.18. The molecule has 90 valence electrons. The Kier molecular flexibility index (Phi) is 2.34. The number of carbonyl (C=O) groups is 1. The number of hydrogen-bond donors (Lipinski definition) is 2. The number of carboxylic acid groups (broad SMARTS) is 1. The van der Waals surface area contributed by atoms with Crippen molar-refractivity contribution < 1.29 is 14.3 Å². The van der Waals surface area contributed by atoms with Crippen LogP contribution >= 0.6 is 11.3 Å². The van der Waals surface area contributed by atoms with E-state index < -0.39 is 5.97 Å². The number of aromatic amines is 1. The van der Waals surface area contributed by atoms with Crippen molar-refractivity contribution in [3.63, 3.8) is 0 Å². The van der Waals surface area contributed by atoms with Crippen LogP contribution < -0.4 is 0 Å². The Labute approximate surface area is 104 Å². The maximum absolute atomic E-state index is 13.0. The summed E-state index contributed by atoms with van der Waals surface area (Å²) in [7, 11) is 0. The van der Waals surface area contributed by atoms with Gasteiger partial charge in [0.2, 0.25) is 0 Å². The number of nitrogens with one attached hydrogen (secondary N) is 1. The SMILES string of the molecule is O=C(O)c1nc[nH]c1-c1nc2cc(F)ccc2s1. The fourth-order valence-corrected chi connectivity index (χ4v) is 2.58. The van der Waals surface area contributed by atoms with E-state index in [0.29, 0.717) is 16.2 Å². The molecule has 0 radical (unpaired) electrons. The highest BCUT2D eigenvalue weighted by Crippen LogP contribution is 2.30. The van der Waals surface area contributed by atoms with Gasteiger partial charge in [-0.25, -0.2) is 19.2 Å². The molecule has 2 N–H and O–H groups in total. The Morgan fingerprint density at radius 3 is 3.06 bits per heavy atom. The second kappa shape index (κ2) is 3.88. The lowest BCUT2D eigenvalue weighted by molar-refractivity contribution is 0.0692. The van der Waals surface area contributed by atoms with Crippen LogP contribution in [-0.2, 0) is 0 Å². The van der Waals surface area contributed by atoms with Crippen LogP contribution in [0.5, 0.6) is 0 Å². The van der Waals surface area contributed by atoms with Gasteiger partial charge >= 0.3 is 5.97 Å². The van der Waals surface area contributed by atoms with Crippen molar-refractivity contribution in [2.75, 3.05) is 0 Å². The fourth-order valence-electron chi connectivity index (χ4n) is 1.63. The number of benzene rings is 1. The number of halogens is 1. The normalized spacial score (nSPS) is 10.9. The molecule has 7 heteroatoms. The average molecular weight is 263 g/mol. The van der Waals surface area contributed by atoms with Gasteiger partial charge in [-0.1, -0.05) is 0 Å². The Bertz CT molecular complexity index is 750. The van der Waals surface area contributed by atoms with E-state index in [2.05, 4.69) is 15.0 Å². The highest BCUT2D eigenvalue weighted by atomic mass is 32.1. The van der Waals surface area contributed by atoms with E-state index in [9.17, 15) is 9.18 Å². The Morgan fingerprint density at radius 1 is 1.44 bits per heavy atom. The van der Waals surface area contributed by atoms with Gasteiger partial charge in [-0.2, -0.15) is 0 Å². The van der Waals surface area contributed by atoms with E-state index in [1.165, 1.54) is 29.8 Å². The van der Waals surface area contributed by atoms with Crippen LogP contribution in [0.15, 0.2) is 24.5 Å². The number of thiazole rings is 1. The average Bonchev–Trinajstić information content (AvgIpc) is 2.93. The molecule has 0 saturated carbocycles. The smallest absolute Gasteiger partial charge is 0.356 e. The number of aromatic nitrogens is 3. The third-order valence-corrected chi connectivity index (χ3v) is 3.46. The molecule has 0 spiro atoms. The number of imidazole rings is 1. The topological polar surface area (TPSA) is 78.9 Å². The van der Waals surface area contributed by atoms with Crippen molar-refractivity contribution in [3.05, 3.63) is 36.0 Å². The monoisotopic (exact) mass is 263 g/mol. The van der Waals surface area contributed by atoms with Crippen LogP contribution in [0.4, 0.5) is 4.39 Å². The summed E-state index contributed by atoms with van der Waals surface area (Å²) in [6.45, 7) is 0. The first-order valence-electron chi connectivity index (χ1n) is 4.98. The van der Waals surface area contributed by atoms with Gasteiger partial charge in [-0.3, -0.25) is 0 Å². The molecule has 2 heterocycles. The summed E-state index contributed by atoms with van der Waals surface area (Å²) < 4.78 is 13.8. The molecule has 0 amide bonds. The molecular formula is C11H6FN3O2S. The molecule has 2 aromatic heterocycles. The molecule has 0 aliphatic rings. The minimum absolute atomic E-state index is 0.0884. The molecule has 3 aromatic rings. The molecule has 5 nitrogen and oxygen atoms in total. The Balaban J connectivity index is 2.19. The summed E-state index contributed by atoms with van der Waals surface area (Å²) in [4.78, 5) is 21.6. The van der Waals surface area contributed by atoms with E-state index >= 15 is 0 Å². The number of carboxylic acids is 1. The van der Waals surface area contributed by atoms with Crippen LogP contribution in [0, 0.1) is 5.82 Å². The Hall–Kier alpha value is -2.28. The summed E-state index contributed by atoms with van der Waals surface area (Å²) in [5.41, 5.74) is 0.750. The van der Waals surface area contributed by atoms with Crippen molar-refractivity contribution >= 4 is 27.5 Å². The number of aromatic carboxylic acids is 1. The summed E-state index contributed by atoms with van der Waals surface area (Å²) in [5.74, 6) is -1.50. The van der Waals surface area contributed by atoms with Crippen LogP contribution in [-0.4, -0.2) is 26.0 Å². The van der Waals surface area contributed by atoms with Gasteiger partial charge in [0.1, 0.15) is 16.5 Å². The summed E-state index contributed by atoms with van der Waals surface area (Å²) in [6, 6.07) is 4.27. The maximum Gasteiger partial charge on any atom is 0.356 e. The van der Waals surface area contributed by atoms with E-state index in [1.54, 1.807) is 6.07 Å². The van der Waals surface area contributed by atoms with Crippen molar-refractivity contribution in [1.29, 1.82) is 0 Å². The van der Waals surface area contributed by atoms with Crippen molar-refractivity contribution in [3.8, 4) is 10.7 Å². The first kappa shape index (κ1) is 10.8. The zero-order chi connectivity index (χ0) is 12.7. The predicted octanol–water partition coefficient (Wildman–Crippen LogP) is 2.52. The summed E-state index contributed by atoms with van der Waals surface area (Å²) in [5, 5.41) is 9.45. The molecule has 18 heavy (non-hydrogen) atoms. The van der Waals surface area contributed by atoms with Gasteiger partial charge in [0.15, 0.2) is 5.69 Å². The van der Waals surface area contributed by atoms with E-state index in [1.807, 2.05) is 0 Å². The second-order valence-corrected chi connectivity index (χ2v) is 4.59. The molecule has 1 aromatic carbocycles. The molecule has 0 unspecified atom stereocenters. The minimum Gasteiger partial charge on any atom is -0.476 e. The molecule has 0 bridgehead atoms. The molecule has 0 fully saturated rings. The molecule has 0 saturated heterocycles. The molecular weight excluding hydrogens is 257 g/mol. The van der Waals surface area contributed by atoms with Crippen molar-refractivity contribution in [2.45, 2.75) is 0 Å². The number of hydrogen-bond acceptors (Lipinski definition) is 4. The standard InChI is InChI=1S/C11H6FN3O2S/c12-5-1-2-7-6(3-5)15-10(18-7)8-9(11(16)17)14-4-13-8/h1-4H,(H,13,14)(H,16,17). The quantitative estimate of drug-likeness (QED) is 0.744. The maximum atomic E-state index is 13.0. The molecule has 0 aliphatic heterocycles. The first-order valence-corrected chi connectivity index (χ1v) is 5.80. The van der Waals surface area contributed by atoms with Crippen LogP contribution in [0.1, 0.15) is 10.5 Å². The lowest BCUT2D eigenvalue weighted by Gasteiger charge is -1.92. The molecule has 0 aliphatic carbocycles. The van der Waals surface area contributed by atoms with Crippen molar-refractivity contribution in [1.82, 2.24) is 15.0 Å². The molecule has 0 atom stereocenters. The lowest BCUT2D eigenvalue weighted by Crippen LogP contribution is -1.98. The zero-order valence-electron chi connectivity index (χ0n) is 8.85. The number of nitrogens with zero attached hydrogens (tertiary/aromatic N) is 2. The fraction of sp³-hybridized carbons (Fsp3) is 0. The van der Waals surface area contributed by atoms with Crippen LogP contribution in [0.25, 0.3) is 20.9 Å². The lowest BCUT2D eigenvalue weighted by atomic mass is 10.3. The van der Waals surface area contributed by atoms with Gasteiger partial charge in [-0.05, 0) is 12.1 Å². The van der Waals surface area contributed by atoms with Gasteiger partial charge < -0.3 is 10.1 Å². The predicted molar refractivity (Wildman–Crippen MR) is 64.1 cm³/mol. The zero-order valence-corrected chi connectivity index (χ0v) is 9.66. The minimum atomic E-state index is -1.13. The van der Waals surface area contributed by atoms with Crippen LogP contribution in [0.2, 0.25) is 0 Å². The van der Waals surface area contributed by atoms with E-state index in [-0.39, 0.29) is 11.5 Å². The van der Waals surface area contributed by atoms with Gasteiger partial charge in [0.05, 0.1) is 16.5 Å². The largest absolute Gasteiger partial charge is 0.476 e. The van der Waals surface area contributed by atoms with E-state index in [0.717, 1.165) is 4.70 Å². The Morgan fingerprint density at radius 2 is 2.28 bits per heavy atom. The summed E-state index contributed by atoms with van der Waals surface area (Å²) in [6.07, 6.45) is 1.30. The van der Waals surface area contributed by atoms with Crippen LogP contribution in [0.3, 0.4) is 0 Å². The first-order chi connectivity index (χ1) is 8.65. The summed E-state index contributed by atoms with van der Waals surface area (Å²) >= 11 is 1.28. The van der Waals surface area contributed by atoms with E-state index in [4.69, 9.17) is 5.11 Å². The van der Waals surface area contributed by atoms with Gasteiger partial charge in [-0.15, -0.1) is 11.3 Å². The second-order valence-electron chi connectivity index (χ2n) is 3.56.